The number of aromatic nitrogens is 2. The molecule has 42 heavy (non-hydrogen) atoms. The minimum Gasteiger partial charge on any atom is -0.469 e. The van der Waals surface area contributed by atoms with Crippen LogP contribution >= 0.6 is 23.0 Å². The maximum Gasteiger partial charge on any atom is 0.481 e. The number of aliphatic hydroxyl groups excluding tert-OH is 2. The van der Waals surface area contributed by atoms with Crippen molar-refractivity contribution in [2.75, 3.05) is 46.0 Å². The highest BCUT2D eigenvalue weighted by molar-refractivity contribution is 7.61. The normalized spacial score (nSPS) is 25.7. The highest BCUT2D eigenvalue weighted by Gasteiger charge is 2.46. The summed E-state index contributed by atoms with van der Waals surface area (Å²) in [5.74, 6) is -1.27. The molecule has 0 aromatic carbocycles. The number of carbonyl (C=O) groups is 1. The van der Waals surface area contributed by atoms with Gasteiger partial charge in [-0.25, -0.2) is 13.9 Å². The SMILES string of the molecule is CCOP(=O)(COCCCOP(=O)(O)OP(=O)(O)OC[C@H]1O[C@@H](n2ccc(=O)[nH]c2=O)[C@H](O)[C@@H]1O)CC(C)C(=O)OC. The molecule has 0 saturated carbocycles. The van der Waals surface area contributed by atoms with Gasteiger partial charge in [0.25, 0.3) is 5.56 Å². The van der Waals surface area contributed by atoms with Gasteiger partial charge in [-0.3, -0.25) is 32.8 Å². The number of nitrogens with one attached hydrogen (secondary N) is 1. The minimum absolute atomic E-state index is 0.0469. The van der Waals surface area contributed by atoms with E-state index in [-0.39, 0.29) is 32.1 Å². The zero-order chi connectivity index (χ0) is 31.7. The summed E-state index contributed by atoms with van der Waals surface area (Å²) in [6.07, 6.45) is -5.95. The maximum atomic E-state index is 12.9. The van der Waals surface area contributed by atoms with Crippen molar-refractivity contribution in [3.63, 3.8) is 0 Å². The quantitative estimate of drug-likeness (QED) is 0.0776. The van der Waals surface area contributed by atoms with Crippen LogP contribution in [-0.2, 0) is 50.6 Å². The first kappa shape index (κ1) is 36.6. The molecule has 19 nitrogen and oxygen atoms in total. The highest BCUT2D eigenvalue weighted by Crippen LogP contribution is 2.60. The van der Waals surface area contributed by atoms with Gasteiger partial charge < -0.3 is 38.7 Å². The van der Waals surface area contributed by atoms with Crippen molar-refractivity contribution >= 4 is 29.0 Å². The molecule has 0 bridgehead atoms. The molecular weight excluding hydrogens is 633 g/mol. The molecule has 4 unspecified atom stereocenters. The highest BCUT2D eigenvalue weighted by atomic mass is 31.3. The number of phosphoric ester groups is 2. The topological polar surface area (TPSA) is 269 Å². The van der Waals surface area contributed by atoms with Gasteiger partial charge in [0.05, 0.1) is 32.8 Å². The number of hydrogen-bond donors (Lipinski definition) is 5. The maximum absolute atomic E-state index is 12.9. The Kier molecular flexibility index (Phi) is 13.9. The van der Waals surface area contributed by atoms with Crippen LogP contribution in [0.2, 0.25) is 0 Å². The van der Waals surface area contributed by atoms with Gasteiger partial charge in [0.15, 0.2) is 6.23 Å². The van der Waals surface area contributed by atoms with E-state index < -0.39 is 83.9 Å². The molecule has 22 heteroatoms. The number of H-pyrrole nitrogens is 1. The molecule has 8 atom stereocenters. The minimum atomic E-state index is -5.29. The lowest BCUT2D eigenvalue weighted by molar-refractivity contribution is -0.144. The molecular formula is C20H35N2O17P3. The standard InChI is InChI=1S/C20H35N2O17P3/c1-4-35-40(28,11-13(2)19(26)33-3)12-34-8-5-9-36-41(29,30)39-42(31,32)37-10-14-16(24)17(25)18(38-14)22-7-6-15(23)21-20(22)27/h6-7,13-14,16-18,24-25H,4-5,8-12H2,1-3H3,(H,29,30)(H,31,32)(H,21,23,27)/t13?,14-,16-,17-,18-,40?/m1/s1. The molecule has 1 fully saturated rings. The number of rotatable bonds is 18. The predicted octanol–water partition coefficient (Wildman–Crippen LogP) is -0.106. The van der Waals surface area contributed by atoms with Crippen LogP contribution in [0.3, 0.4) is 0 Å². The van der Waals surface area contributed by atoms with E-state index in [1.54, 1.807) is 6.92 Å². The number of esters is 1. The van der Waals surface area contributed by atoms with Gasteiger partial charge in [-0.2, -0.15) is 4.31 Å². The third-order valence-corrected chi connectivity index (χ3v) is 10.6. The zero-order valence-corrected chi connectivity index (χ0v) is 25.6. The third-order valence-electron chi connectivity index (χ3n) is 5.57. The average Bonchev–Trinajstić information content (AvgIpc) is 3.17. The van der Waals surface area contributed by atoms with Crippen LogP contribution in [0.1, 0.15) is 26.5 Å². The molecule has 1 saturated heterocycles. The number of ether oxygens (including phenoxy) is 3. The van der Waals surface area contributed by atoms with Crippen molar-refractivity contribution in [2.45, 2.75) is 44.8 Å². The van der Waals surface area contributed by atoms with Crippen LogP contribution in [-0.4, -0.2) is 99.9 Å². The van der Waals surface area contributed by atoms with Crippen LogP contribution in [0.4, 0.5) is 0 Å². The van der Waals surface area contributed by atoms with E-state index in [1.807, 2.05) is 4.98 Å². The lowest BCUT2D eigenvalue weighted by Crippen LogP contribution is -2.37. The van der Waals surface area contributed by atoms with Crippen LogP contribution < -0.4 is 11.2 Å². The molecule has 1 aromatic heterocycles. The number of phosphoric acid groups is 2. The largest absolute Gasteiger partial charge is 0.481 e. The van der Waals surface area contributed by atoms with Crippen molar-refractivity contribution < 1.29 is 70.6 Å². The van der Waals surface area contributed by atoms with E-state index in [9.17, 15) is 48.1 Å². The van der Waals surface area contributed by atoms with Crippen LogP contribution in [0.5, 0.6) is 0 Å². The first-order valence-electron chi connectivity index (χ1n) is 12.4. The van der Waals surface area contributed by atoms with Gasteiger partial charge in [-0.1, -0.05) is 6.92 Å². The fourth-order valence-corrected chi connectivity index (χ4v) is 7.95. The molecule has 2 heterocycles. The molecule has 0 amide bonds. The first-order valence-corrected chi connectivity index (χ1v) is 17.4. The van der Waals surface area contributed by atoms with Crippen molar-refractivity contribution in [3.05, 3.63) is 33.1 Å². The molecule has 242 valence electrons. The summed E-state index contributed by atoms with van der Waals surface area (Å²) in [7, 11) is -12.6. The summed E-state index contributed by atoms with van der Waals surface area (Å²) in [4.78, 5) is 56.3. The van der Waals surface area contributed by atoms with Gasteiger partial charge in [0, 0.05) is 25.0 Å². The second-order valence-electron chi connectivity index (χ2n) is 8.94. The van der Waals surface area contributed by atoms with Gasteiger partial charge in [0.2, 0.25) is 7.37 Å². The molecule has 2 rings (SSSR count). The van der Waals surface area contributed by atoms with Crippen LogP contribution in [0.15, 0.2) is 21.9 Å². The van der Waals surface area contributed by atoms with E-state index in [0.29, 0.717) is 0 Å². The number of aromatic amines is 1. The fourth-order valence-electron chi connectivity index (χ4n) is 3.69. The molecule has 0 aliphatic carbocycles. The second kappa shape index (κ2) is 16.0. The number of nitrogens with zero attached hydrogens (tertiary/aromatic N) is 1. The van der Waals surface area contributed by atoms with Crippen LogP contribution in [0.25, 0.3) is 0 Å². The third kappa shape index (κ3) is 11.2. The monoisotopic (exact) mass is 668 g/mol. The number of carbonyl (C=O) groups excluding carboxylic acids is 1. The lowest BCUT2D eigenvalue weighted by atomic mass is 10.1. The molecule has 5 N–H and O–H groups in total. The summed E-state index contributed by atoms with van der Waals surface area (Å²) in [5.41, 5.74) is -1.68. The second-order valence-corrected chi connectivity index (χ2v) is 14.5. The van der Waals surface area contributed by atoms with E-state index in [1.165, 1.54) is 14.0 Å². The molecule has 1 aliphatic rings. The van der Waals surface area contributed by atoms with Crippen molar-refractivity contribution in [1.29, 1.82) is 0 Å². The van der Waals surface area contributed by atoms with Crippen molar-refractivity contribution in [2.24, 2.45) is 5.92 Å². The van der Waals surface area contributed by atoms with Gasteiger partial charge in [0.1, 0.15) is 24.7 Å². The summed E-state index contributed by atoms with van der Waals surface area (Å²) >= 11 is 0. The lowest BCUT2D eigenvalue weighted by Gasteiger charge is -2.20. The Bertz CT molecular complexity index is 1300. The Hall–Kier alpha value is -1.56. The number of hydrogen-bond acceptors (Lipinski definition) is 15. The van der Waals surface area contributed by atoms with Crippen molar-refractivity contribution in [3.8, 4) is 0 Å². The smallest absolute Gasteiger partial charge is 0.469 e. The Morgan fingerprint density at radius 2 is 1.76 bits per heavy atom. The Morgan fingerprint density at radius 1 is 1.10 bits per heavy atom. The summed E-state index contributed by atoms with van der Waals surface area (Å²) in [6, 6.07) is 0.960. The Morgan fingerprint density at radius 3 is 2.38 bits per heavy atom. The summed E-state index contributed by atoms with van der Waals surface area (Å²) in [6.45, 7) is 1.68. The molecule has 1 aromatic rings. The van der Waals surface area contributed by atoms with Gasteiger partial charge in [-0.05, 0) is 13.3 Å². The average molecular weight is 668 g/mol. The van der Waals surface area contributed by atoms with Gasteiger partial charge >= 0.3 is 27.3 Å². The van der Waals surface area contributed by atoms with E-state index in [2.05, 4.69) is 18.1 Å². The summed E-state index contributed by atoms with van der Waals surface area (Å²) < 4.78 is 71.8. The van der Waals surface area contributed by atoms with Gasteiger partial charge in [-0.15, -0.1) is 0 Å². The molecule has 0 spiro atoms. The molecule has 0 radical (unpaired) electrons. The Balaban J connectivity index is 1.79. The van der Waals surface area contributed by atoms with Crippen molar-refractivity contribution in [1.82, 2.24) is 9.55 Å². The summed E-state index contributed by atoms with van der Waals surface area (Å²) in [5, 5.41) is 20.4. The molecule has 1 aliphatic heterocycles. The number of aliphatic hydroxyl groups is 2. The Labute approximate surface area is 239 Å². The van der Waals surface area contributed by atoms with E-state index in [0.717, 1.165) is 16.8 Å². The first-order chi connectivity index (χ1) is 19.5. The predicted molar refractivity (Wildman–Crippen MR) is 141 cm³/mol. The fraction of sp³-hybridized carbons (Fsp3) is 0.750. The van der Waals surface area contributed by atoms with E-state index >= 15 is 0 Å². The van der Waals surface area contributed by atoms with Crippen LogP contribution in [0, 0.1) is 5.92 Å². The number of methoxy groups -OCH3 is 1. The van der Waals surface area contributed by atoms with E-state index in [4.69, 9.17) is 14.0 Å². The zero-order valence-electron chi connectivity index (χ0n) is 22.9.